The molecule has 324 valence electrons. The lowest BCUT2D eigenvalue weighted by molar-refractivity contribution is -0.870. The maximum atomic E-state index is 12.6. The third-order valence-corrected chi connectivity index (χ3v) is 9.97. The van der Waals surface area contributed by atoms with Crippen LogP contribution in [0.2, 0.25) is 0 Å². The van der Waals surface area contributed by atoms with Crippen molar-refractivity contribution in [1.29, 1.82) is 0 Å². The Balaban J connectivity index is 4.48. The summed E-state index contributed by atoms with van der Waals surface area (Å²) in [6, 6.07) is 0. The van der Waals surface area contributed by atoms with E-state index in [1.54, 1.807) is 0 Å². The Bertz CT molecular complexity index is 1140. The molecule has 0 radical (unpaired) electrons. The molecule has 10 heteroatoms. The molecule has 0 spiro atoms. The summed E-state index contributed by atoms with van der Waals surface area (Å²) in [5.41, 5.74) is 0. The second kappa shape index (κ2) is 38.2. The van der Waals surface area contributed by atoms with Crippen molar-refractivity contribution in [3.8, 4) is 0 Å². The SMILES string of the molecule is CCCCC/C=C\C/C=C\C/C=C\C/C=C\CCCC(=O)O[C@H](COC(=O)CCCCCCCCC/C=C\CCCCCC)COP(=O)([O-])OCC[N+](C)(C)C. The van der Waals surface area contributed by atoms with Crippen LogP contribution >= 0.6 is 7.82 Å². The number of quaternary nitrogens is 1. The fourth-order valence-corrected chi connectivity index (χ4v) is 6.25. The van der Waals surface area contributed by atoms with Gasteiger partial charge in [-0.3, -0.25) is 14.2 Å². The lowest BCUT2D eigenvalue weighted by Crippen LogP contribution is -2.37. The number of unbranched alkanes of at least 4 members (excludes halogenated alkanes) is 15. The van der Waals surface area contributed by atoms with Crippen molar-refractivity contribution in [1.82, 2.24) is 0 Å². The number of carbonyl (C=O) groups is 2. The molecule has 0 bridgehead atoms. The highest BCUT2D eigenvalue weighted by atomic mass is 31.2. The van der Waals surface area contributed by atoms with Crippen molar-refractivity contribution >= 4 is 19.8 Å². The van der Waals surface area contributed by atoms with Gasteiger partial charge >= 0.3 is 11.9 Å². The van der Waals surface area contributed by atoms with E-state index in [1.165, 1.54) is 77.0 Å². The first-order valence-electron chi connectivity index (χ1n) is 22.0. The van der Waals surface area contributed by atoms with Crippen LogP contribution in [-0.2, 0) is 32.7 Å². The average molecular weight is 808 g/mol. The monoisotopic (exact) mass is 808 g/mol. The van der Waals surface area contributed by atoms with Gasteiger partial charge < -0.3 is 27.9 Å². The topological polar surface area (TPSA) is 111 Å². The number of phosphoric ester groups is 1. The van der Waals surface area contributed by atoms with Gasteiger partial charge in [-0.15, -0.1) is 0 Å². The highest BCUT2D eigenvalue weighted by Crippen LogP contribution is 2.38. The van der Waals surface area contributed by atoms with E-state index in [-0.39, 0.29) is 26.1 Å². The van der Waals surface area contributed by atoms with Crippen LogP contribution in [0.3, 0.4) is 0 Å². The Morgan fingerprint density at radius 2 is 0.982 bits per heavy atom. The van der Waals surface area contributed by atoms with Crippen molar-refractivity contribution < 1.29 is 42.1 Å². The molecular weight excluding hydrogens is 725 g/mol. The molecule has 0 aliphatic rings. The summed E-state index contributed by atoms with van der Waals surface area (Å²) in [5, 5.41) is 0. The van der Waals surface area contributed by atoms with Gasteiger partial charge in [0.15, 0.2) is 6.10 Å². The molecule has 0 rings (SSSR count). The Kier molecular flexibility index (Phi) is 36.7. The van der Waals surface area contributed by atoms with E-state index >= 15 is 0 Å². The molecule has 0 aromatic carbocycles. The largest absolute Gasteiger partial charge is 0.756 e. The molecule has 9 nitrogen and oxygen atoms in total. The average Bonchev–Trinajstić information content (AvgIpc) is 3.15. The van der Waals surface area contributed by atoms with Crippen molar-refractivity contribution in [3.63, 3.8) is 0 Å². The summed E-state index contributed by atoms with van der Waals surface area (Å²) in [4.78, 5) is 37.5. The first kappa shape index (κ1) is 53.7. The summed E-state index contributed by atoms with van der Waals surface area (Å²) in [6.45, 7) is 4.10. The molecule has 0 N–H and O–H groups in total. The predicted molar refractivity (Wildman–Crippen MR) is 231 cm³/mol. The second-order valence-corrected chi connectivity index (χ2v) is 17.1. The Labute approximate surface area is 343 Å². The summed E-state index contributed by atoms with van der Waals surface area (Å²) >= 11 is 0. The maximum Gasteiger partial charge on any atom is 0.306 e. The fourth-order valence-electron chi connectivity index (χ4n) is 5.52. The number of carbonyl (C=O) groups excluding carboxylic acids is 2. The molecule has 56 heavy (non-hydrogen) atoms. The van der Waals surface area contributed by atoms with E-state index in [0.29, 0.717) is 30.3 Å². The minimum absolute atomic E-state index is 0.0439. The predicted octanol–water partition coefficient (Wildman–Crippen LogP) is 11.8. The molecule has 0 aliphatic heterocycles. The van der Waals surface area contributed by atoms with Crippen LogP contribution < -0.4 is 4.89 Å². The highest BCUT2D eigenvalue weighted by molar-refractivity contribution is 7.45. The van der Waals surface area contributed by atoms with E-state index in [0.717, 1.165) is 44.9 Å². The fraction of sp³-hybridized carbons (Fsp3) is 0.739. The molecule has 1 unspecified atom stereocenters. The highest BCUT2D eigenvalue weighted by Gasteiger charge is 2.21. The van der Waals surface area contributed by atoms with Gasteiger partial charge in [-0.05, 0) is 77.0 Å². The second-order valence-electron chi connectivity index (χ2n) is 15.7. The summed E-state index contributed by atoms with van der Waals surface area (Å²) in [5.74, 6) is -0.909. The van der Waals surface area contributed by atoms with E-state index in [1.807, 2.05) is 27.2 Å². The molecule has 0 amide bonds. The van der Waals surface area contributed by atoms with E-state index in [2.05, 4.69) is 68.5 Å². The Morgan fingerprint density at radius 3 is 1.54 bits per heavy atom. The number of esters is 2. The van der Waals surface area contributed by atoms with Crippen LogP contribution in [0.25, 0.3) is 0 Å². The zero-order valence-corrected chi connectivity index (χ0v) is 37.2. The summed E-state index contributed by atoms with van der Waals surface area (Å²) < 4.78 is 33.8. The van der Waals surface area contributed by atoms with Crippen LogP contribution in [0.1, 0.15) is 168 Å². The summed E-state index contributed by atoms with van der Waals surface area (Å²) in [7, 11) is 1.12. The van der Waals surface area contributed by atoms with Gasteiger partial charge in [0.1, 0.15) is 19.8 Å². The number of phosphoric acid groups is 1. The third kappa shape index (κ3) is 41.3. The van der Waals surface area contributed by atoms with Gasteiger partial charge in [0.2, 0.25) is 0 Å². The van der Waals surface area contributed by atoms with Crippen molar-refractivity contribution in [2.45, 2.75) is 174 Å². The first-order chi connectivity index (χ1) is 27.0. The van der Waals surface area contributed by atoms with Crippen molar-refractivity contribution in [2.24, 2.45) is 0 Å². The molecule has 2 atom stereocenters. The minimum Gasteiger partial charge on any atom is -0.756 e. The van der Waals surface area contributed by atoms with Gasteiger partial charge in [0.05, 0.1) is 27.7 Å². The summed E-state index contributed by atoms with van der Waals surface area (Å²) in [6.07, 6.45) is 45.4. The Morgan fingerprint density at radius 1 is 0.554 bits per heavy atom. The van der Waals surface area contributed by atoms with Crippen molar-refractivity contribution in [3.05, 3.63) is 60.8 Å². The van der Waals surface area contributed by atoms with Gasteiger partial charge in [-0.25, -0.2) is 0 Å². The number of likely N-dealkylation sites (N-methyl/N-ethyl adjacent to an activating group) is 1. The van der Waals surface area contributed by atoms with Crippen LogP contribution in [0, 0.1) is 0 Å². The molecular formula is C46H82NO8P. The number of hydrogen-bond acceptors (Lipinski definition) is 8. The molecule has 0 saturated heterocycles. The van der Waals surface area contributed by atoms with E-state index in [4.69, 9.17) is 18.5 Å². The van der Waals surface area contributed by atoms with Gasteiger partial charge in [-0.2, -0.15) is 0 Å². The van der Waals surface area contributed by atoms with Gasteiger partial charge in [-0.1, -0.05) is 139 Å². The van der Waals surface area contributed by atoms with Crippen molar-refractivity contribution in [2.75, 3.05) is 47.5 Å². The smallest absolute Gasteiger partial charge is 0.306 e. The molecule has 0 aliphatic carbocycles. The lowest BCUT2D eigenvalue weighted by atomic mass is 10.1. The number of allylic oxidation sites excluding steroid dienone is 10. The minimum atomic E-state index is -4.64. The van der Waals surface area contributed by atoms with E-state index < -0.39 is 32.5 Å². The third-order valence-electron chi connectivity index (χ3n) is 9.01. The zero-order chi connectivity index (χ0) is 41.4. The quantitative estimate of drug-likeness (QED) is 0.0198. The number of nitrogens with zero attached hydrogens (tertiary/aromatic N) is 1. The maximum absolute atomic E-state index is 12.6. The Hall–Kier alpha value is -2.29. The zero-order valence-electron chi connectivity index (χ0n) is 36.3. The van der Waals surface area contributed by atoms with Crippen LogP contribution in [0.5, 0.6) is 0 Å². The van der Waals surface area contributed by atoms with Crippen LogP contribution in [0.4, 0.5) is 0 Å². The standard InChI is InChI=1S/C46H82NO8P/c1-6-8-10-12-14-16-18-20-22-23-25-27-29-31-33-35-37-39-46(49)55-44(43-54-56(50,51)53-41-40-47(3,4)5)42-52-45(48)38-36-34-32-30-28-26-24-21-19-17-15-13-11-9-7-2/h14,16-17,19-20,22,25,27,31,33,44H,6-13,15,18,21,23-24,26,28-30,32,34-43H2,1-5H3/b16-14-,19-17-,22-20-,27-25-,33-31-/t44-/m1/s1. The van der Waals surface area contributed by atoms with Gasteiger partial charge in [0, 0.05) is 12.8 Å². The molecule has 0 heterocycles. The van der Waals surface area contributed by atoms with Gasteiger partial charge in [0.25, 0.3) is 7.82 Å². The molecule has 0 saturated carbocycles. The van der Waals surface area contributed by atoms with Crippen LogP contribution in [0.15, 0.2) is 60.8 Å². The normalized spacial score (nSPS) is 14.2. The first-order valence-corrected chi connectivity index (χ1v) is 23.5. The lowest BCUT2D eigenvalue weighted by Gasteiger charge is -2.28. The number of rotatable bonds is 39. The number of ether oxygens (including phenoxy) is 2. The van der Waals surface area contributed by atoms with E-state index in [9.17, 15) is 19.0 Å². The van der Waals surface area contributed by atoms with Crippen LogP contribution in [-0.4, -0.2) is 70.0 Å². The molecule has 0 aromatic rings. The molecule has 0 fully saturated rings. The number of hydrogen-bond donors (Lipinski definition) is 0. The molecule has 0 aromatic heterocycles.